The van der Waals surface area contributed by atoms with E-state index < -0.39 is 17.8 Å². The van der Waals surface area contributed by atoms with Crippen LogP contribution >= 0.6 is 0 Å². The van der Waals surface area contributed by atoms with Gasteiger partial charge in [0.1, 0.15) is 11.9 Å². The molecule has 3 rings (SSSR count). The van der Waals surface area contributed by atoms with Crippen LogP contribution in [0.4, 0.5) is 10.1 Å². The number of imidazole rings is 1. The molecule has 126 valence electrons. The number of aromatic nitrogens is 2. The van der Waals surface area contributed by atoms with E-state index in [-0.39, 0.29) is 23.3 Å². The smallest absolute Gasteiger partial charge is 0.337 e. The predicted octanol–water partition coefficient (Wildman–Crippen LogP) is 1.11. The van der Waals surface area contributed by atoms with Gasteiger partial charge in [-0.2, -0.15) is 0 Å². The van der Waals surface area contributed by atoms with E-state index in [9.17, 15) is 14.0 Å². The second kappa shape index (κ2) is 6.77. The minimum Gasteiger partial charge on any atom is -0.478 e. The van der Waals surface area contributed by atoms with Gasteiger partial charge in [0.25, 0.3) is 0 Å². The van der Waals surface area contributed by atoms with E-state index in [1.807, 2.05) is 10.8 Å². The monoisotopic (exact) mass is 333 g/mol. The molecule has 0 bridgehead atoms. The first kappa shape index (κ1) is 16.1. The van der Waals surface area contributed by atoms with E-state index >= 15 is 0 Å². The van der Waals surface area contributed by atoms with Crippen LogP contribution in [0.5, 0.6) is 0 Å². The number of hydrogen-bond acceptors (Lipinski definition) is 5. The van der Waals surface area contributed by atoms with Crippen LogP contribution in [0.15, 0.2) is 36.9 Å². The Bertz CT molecular complexity index is 742. The highest BCUT2D eigenvalue weighted by atomic mass is 19.1. The zero-order valence-electron chi connectivity index (χ0n) is 12.6. The minimum absolute atomic E-state index is 0.0167. The van der Waals surface area contributed by atoms with Crippen LogP contribution in [0.25, 0.3) is 0 Å². The van der Waals surface area contributed by atoms with Gasteiger partial charge in [0, 0.05) is 12.4 Å². The summed E-state index contributed by atoms with van der Waals surface area (Å²) < 4.78 is 15.0. The number of benzene rings is 1. The summed E-state index contributed by atoms with van der Waals surface area (Å²) in [7, 11) is 0. The van der Waals surface area contributed by atoms with Crippen LogP contribution < -0.4 is 16.2 Å². The highest BCUT2D eigenvalue weighted by Gasteiger charge is 2.27. The molecule has 1 aromatic carbocycles. The van der Waals surface area contributed by atoms with Gasteiger partial charge in [-0.15, -0.1) is 0 Å². The summed E-state index contributed by atoms with van der Waals surface area (Å²) in [6, 6.07) is 2.68. The predicted molar refractivity (Wildman–Crippen MR) is 82.5 cm³/mol. The van der Waals surface area contributed by atoms with Crippen molar-refractivity contribution < 1.29 is 19.1 Å². The Labute approximate surface area is 136 Å². The molecule has 1 saturated heterocycles. The van der Waals surface area contributed by atoms with E-state index in [0.717, 1.165) is 12.1 Å². The van der Waals surface area contributed by atoms with E-state index in [0.29, 0.717) is 12.8 Å². The third kappa shape index (κ3) is 3.42. The molecule has 0 aliphatic carbocycles. The number of carboxylic acids is 1. The molecule has 1 aromatic heterocycles. The quantitative estimate of drug-likeness (QED) is 0.668. The van der Waals surface area contributed by atoms with Crippen LogP contribution in [0, 0.1) is 5.82 Å². The lowest BCUT2D eigenvalue weighted by Crippen LogP contribution is -2.54. The van der Waals surface area contributed by atoms with Crippen molar-refractivity contribution in [3.05, 3.63) is 48.3 Å². The van der Waals surface area contributed by atoms with Crippen molar-refractivity contribution in [1.29, 1.82) is 0 Å². The largest absolute Gasteiger partial charge is 0.478 e. The number of amides is 1. The maximum absolute atomic E-state index is 13.2. The average molecular weight is 333 g/mol. The van der Waals surface area contributed by atoms with Crippen LogP contribution in [0.2, 0.25) is 0 Å². The first-order chi connectivity index (χ1) is 11.5. The molecular weight excluding hydrogens is 317 g/mol. The van der Waals surface area contributed by atoms with Crippen molar-refractivity contribution in [3.63, 3.8) is 0 Å². The molecule has 8 nitrogen and oxygen atoms in total. The number of carbonyl (C=O) groups is 2. The Balaban J connectivity index is 1.63. The summed E-state index contributed by atoms with van der Waals surface area (Å²) in [6.07, 6.45) is 6.39. The zero-order valence-corrected chi connectivity index (χ0v) is 12.6. The Kier molecular flexibility index (Phi) is 4.54. The van der Waals surface area contributed by atoms with Gasteiger partial charge >= 0.3 is 5.97 Å². The highest BCUT2D eigenvalue weighted by Crippen LogP contribution is 2.20. The van der Waals surface area contributed by atoms with E-state index in [1.54, 1.807) is 12.5 Å². The summed E-state index contributed by atoms with van der Waals surface area (Å²) in [5, 5.41) is 11.6. The fourth-order valence-electron chi connectivity index (χ4n) is 2.56. The Morgan fingerprint density at radius 3 is 2.79 bits per heavy atom. The normalized spacial score (nSPS) is 20.5. The molecule has 2 unspecified atom stereocenters. The molecule has 4 N–H and O–H groups in total. The van der Waals surface area contributed by atoms with Crippen LogP contribution in [-0.2, 0) is 4.79 Å². The topological polar surface area (TPSA) is 108 Å². The average Bonchev–Trinajstić information content (AvgIpc) is 3.11. The molecule has 0 radical (unpaired) electrons. The van der Waals surface area contributed by atoms with Gasteiger partial charge in [-0.3, -0.25) is 4.79 Å². The van der Waals surface area contributed by atoms with Crippen molar-refractivity contribution in [2.24, 2.45) is 0 Å². The maximum atomic E-state index is 13.2. The van der Waals surface area contributed by atoms with Gasteiger partial charge in [-0.1, -0.05) is 0 Å². The second-order valence-electron chi connectivity index (χ2n) is 5.43. The lowest BCUT2D eigenvalue weighted by atomic mass is 10.1. The summed E-state index contributed by atoms with van der Waals surface area (Å²) >= 11 is 0. The van der Waals surface area contributed by atoms with Crippen LogP contribution in [0.1, 0.15) is 29.4 Å². The Morgan fingerprint density at radius 1 is 1.33 bits per heavy atom. The summed E-state index contributed by atoms with van der Waals surface area (Å²) in [6.45, 7) is 0. The molecule has 1 fully saturated rings. The third-order valence-electron chi connectivity index (χ3n) is 3.82. The molecule has 9 heteroatoms. The molecule has 1 amide bonds. The number of carboxylic acid groups (broad SMARTS) is 1. The maximum Gasteiger partial charge on any atom is 0.337 e. The number of nitrogens with one attached hydrogen (secondary N) is 3. The standard InChI is InChI=1S/C15H16FN5O3/c16-9-1-2-11(10(7-9)15(23)24)18-14(22)12-3-4-13(20-19-12)21-6-5-17-8-21/h1-2,5-8,12-13,19-20H,3-4H2,(H,18,22)(H,23,24). The van der Waals surface area contributed by atoms with Gasteiger partial charge in [0.2, 0.25) is 5.91 Å². The van der Waals surface area contributed by atoms with Gasteiger partial charge in [-0.05, 0) is 31.0 Å². The van der Waals surface area contributed by atoms with Crippen LogP contribution in [0.3, 0.4) is 0 Å². The number of aromatic carboxylic acids is 1. The fourth-order valence-corrected chi connectivity index (χ4v) is 2.56. The molecular formula is C15H16FN5O3. The Hall–Kier alpha value is -2.78. The molecule has 2 aromatic rings. The molecule has 2 atom stereocenters. The molecule has 2 heterocycles. The van der Waals surface area contributed by atoms with Crippen molar-refractivity contribution >= 4 is 17.6 Å². The highest BCUT2D eigenvalue weighted by molar-refractivity contribution is 6.02. The molecule has 0 saturated carbocycles. The van der Waals surface area contributed by atoms with Crippen molar-refractivity contribution in [1.82, 2.24) is 20.4 Å². The number of halogens is 1. The number of hydrogen-bond donors (Lipinski definition) is 4. The molecule has 1 aliphatic heterocycles. The van der Waals surface area contributed by atoms with Gasteiger partial charge < -0.3 is 15.0 Å². The first-order valence-corrected chi connectivity index (χ1v) is 7.37. The van der Waals surface area contributed by atoms with Crippen molar-refractivity contribution in [2.45, 2.75) is 25.0 Å². The van der Waals surface area contributed by atoms with Gasteiger partial charge in [-0.25, -0.2) is 25.0 Å². The zero-order chi connectivity index (χ0) is 17.1. The molecule has 0 spiro atoms. The summed E-state index contributed by atoms with van der Waals surface area (Å²) in [5.74, 6) is -2.37. The Morgan fingerprint density at radius 2 is 2.17 bits per heavy atom. The summed E-state index contributed by atoms with van der Waals surface area (Å²) in [4.78, 5) is 27.4. The van der Waals surface area contributed by atoms with E-state index in [4.69, 9.17) is 5.11 Å². The number of carbonyl (C=O) groups excluding carboxylic acids is 1. The van der Waals surface area contributed by atoms with Gasteiger partial charge in [0.05, 0.1) is 23.7 Å². The molecule has 24 heavy (non-hydrogen) atoms. The third-order valence-corrected chi connectivity index (χ3v) is 3.82. The fraction of sp³-hybridized carbons (Fsp3) is 0.267. The van der Waals surface area contributed by atoms with E-state index in [1.165, 1.54) is 6.07 Å². The first-order valence-electron chi connectivity index (χ1n) is 7.37. The number of anilines is 1. The second-order valence-corrected chi connectivity index (χ2v) is 5.43. The van der Waals surface area contributed by atoms with Crippen molar-refractivity contribution in [3.8, 4) is 0 Å². The number of rotatable bonds is 4. The number of nitrogens with zero attached hydrogens (tertiary/aromatic N) is 2. The lowest BCUT2D eigenvalue weighted by Gasteiger charge is -2.30. The van der Waals surface area contributed by atoms with Crippen LogP contribution in [-0.4, -0.2) is 32.6 Å². The summed E-state index contributed by atoms with van der Waals surface area (Å²) in [5.41, 5.74) is 5.70. The van der Waals surface area contributed by atoms with Crippen molar-refractivity contribution in [2.75, 3.05) is 5.32 Å². The molecule has 1 aliphatic rings. The minimum atomic E-state index is -1.31. The van der Waals surface area contributed by atoms with E-state index in [2.05, 4.69) is 21.2 Å². The van der Waals surface area contributed by atoms with Gasteiger partial charge in [0.15, 0.2) is 0 Å². The SMILES string of the molecule is O=C(O)c1cc(F)ccc1NC(=O)C1CCC(n2ccnc2)NN1. The lowest BCUT2D eigenvalue weighted by molar-refractivity contribution is -0.119. The number of hydrazine groups is 1.